The number of likely N-dealkylation sites (tertiary alicyclic amines) is 1. The van der Waals surface area contributed by atoms with Crippen molar-refractivity contribution in [3.63, 3.8) is 0 Å². The van der Waals surface area contributed by atoms with Gasteiger partial charge < -0.3 is 15.0 Å². The van der Waals surface area contributed by atoms with Crippen LogP contribution in [0.3, 0.4) is 0 Å². The number of rotatable bonds is 6. The minimum atomic E-state index is 0.265. The normalized spacial score (nSPS) is 19.1. The van der Waals surface area contributed by atoms with Crippen LogP contribution in [0, 0.1) is 0 Å². The van der Waals surface area contributed by atoms with Crippen LogP contribution in [0.2, 0.25) is 5.28 Å². The monoisotopic (exact) mass is 376 g/mol. The van der Waals surface area contributed by atoms with E-state index in [-0.39, 0.29) is 5.28 Å². The van der Waals surface area contributed by atoms with Crippen molar-refractivity contribution in [3.8, 4) is 0 Å². The van der Waals surface area contributed by atoms with E-state index in [0.717, 1.165) is 61.8 Å². The topological polar surface area (TPSA) is 66.4 Å². The number of nitrogens with one attached hydrogen (secondary N) is 1. The summed E-state index contributed by atoms with van der Waals surface area (Å²) < 4.78 is 5.45. The van der Waals surface area contributed by atoms with Crippen LogP contribution in [0.4, 0.5) is 5.82 Å². The van der Waals surface area contributed by atoms with E-state index in [2.05, 4.69) is 32.0 Å². The number of halogens is 1. The second-order valence-electron chi connectivity index (χ2n) is 6.93. The molecule has 0 spiro atoms. The van der Waals surface area contributed by atoms with Gasteiger partial charge in [0.25, 0.3) is 0 Å². The molecule has 2 aromatic rings. The number of anilines is 1. The van der Waals surface area contributed by atoms with Crippen molar-refractivity contribution < 1.29 is 4.74 Å². The molecular formula is C18H25ClN6O. The molecule has 4 rings (SSSR count). The van der Waals surface area contributed by atoms with Crippen LogP contribution in [0.15, 0.2) is 12.1 Å². The van der Waals surface area contributed by atoms with E-state index < -0.39 is 0 Å². The molecule has 2 aliphatic rings. The van der Waals surface area contributed by atoms with E-state index in [1.54, 1.807) is 0 Å². The van der Waals surface area contributed by atoms with Gasteiger partial charge in [0.05, 0.1) is 24.4 Å². The standard InChI is InChI=1S/C18H25ClN6O/c1-2-5-20-14-11-24(12-14)10-13-3-4-15-16(21-13)17(23-18(19)22-15)25-6-8-26-9-7-25/h3-4,14,20H,2,5-12H2,1H3. The van der Waals surface area contributed by atoms with Crippen LogP contribution in [-0.2, 0) is 11.3 Å². The Morgan fingerprint density at radius 3 is 2.77 bits per heavy atom. The molecule has 2 saturated heterocycles. The zero-order valence-electron chi connectivity index (χ0n) is 15.1. The molecule has 1 N–H and O–H groups in total. The Bertz CT molecular complexity index is 761. The molecule has 2 aromatic heterocycles. The highest BCUT2D eigenvalue weighted by molar-refractivity contribution is 6.28. The average Bonchev–Trinajstić information content (AvgIpc) is 2.63. The Morgan fingerprint density at radius 2 is 2.00 bits per heavy atom. The third kappa shape index (κ3) is 3.91. The summed E-state index contributed by atoms with van der Waals surface area (Å²) in [4.78, 5) is 18.3. The lowest BCUT2D eigenvalue weighted by Crippen LogP contribution is -2.57. The molecule has 8 heteroatoms. The van der Waals surface area contributed by atoms with Crippen LogP contribution in [0.5, 0.6) is 0 Å². The fourth-order valence-corrected chi connectivity index (χ4v) is 3.67. The Balaban J connectivity index is 1.51. The van der Waals surface area contributed by atoms with Gasteiger partial charge in [-0.25, -0.2) is 9.97 Å². The molecule has 2 fully saturated rings. The number of ether oxygens (including phenoxy) is 1. The first-order valence-electron chi connectivity index (χ1n) is 9.34. The second-order valence-corrected chi connectivity index (χ2v) is 7.27. The molecule has 0 atom stereocenters. The van der Waals surface area contributed by atoms with Crippen LogP contribution < -0.4 is 10.2 Å². The first-order chi connectivity index (χ1) is 12.7. The van der Waals surface area contributed by atoms with Gasteiger partial charge in [0.1, 0.15) is 5.52 Å². The largest absolute Gasteiger partial charge is 0.378 e. The van der Waals surface area contributed by atoms with Gasteiger partial charge in [0.2, 0.25) is 5.28 Å². The van der Waals surface area contributed by atoms with E-state index >= 15 is 0 Å². The SMILES string of the molecule is CCCNC1CN(Cc2ccc3nc(Cl)nc(N4CCOCC4)c3n2)C1. The lowest BCUT2D eigenvalue weighted by molar-refractivity contribution is 0.117. The molecule has 0 saturated carbocycles. The van der Waals surface area contributed by atoms with Gasteiger partial charge in [-0.2, -0.15) is 4.98 Å². The summed E-state index contributed by atoms with van der Waals surface area (Å²) in [6.07, 6.45) is 1.18. The second kappa shape index (κ2) is 8.00. The van der Waals surface area contributed by atoms with Gasteiger partial charge >= 0.3 is 0 Å². The van der Waals surface area contributed by atoms with E-state index in [1.807, 2.05) is 12.1 Å². The van der Waals surface area contributed by atoms with Gasteiger partial charge in [0.15, 0.2) is 5.82 Å². The summed E-state index contributed by atoms with van der Waals surface area (Å²) in [5, 5.41) is 3.82. The summed E-state index contributed by atoms with van der Waals surface area (Å²) in [5.41, 5.74) is 2.67. The van der Waals surface area contributed by atoms with Crippen molar-refractivity contribution in [1.29, 1.82) is 0 Å². The number of hydrogen-bond donors (Lipinski definition) is 1. The summed E-state index contributed by atoms with van der Waals surface area (Å²) in [7, 11) is 0. The lowest BCUT2D eigenvalue weighted by atomic mass is 10.1. The van der Waals surface area contributed by atoms with Crippen molar-refractivity contribution >= 4 is 28.5 Å². The predicted molar refractivity (Wildman–Crippen MR) is 103 cm³/mol. The van der Waals surface area contributed by atoms with E-state index in [9.17, 15) is 0 Å². The van der Waals surface area contributed by atoms with Gasteiger partial charge in [-0.1, -0.05) is 6.92 Å². The fraction of sp³-hybridized carbons (Fsp3) is 0.611. The Kier molecular flexibility index (Phi) is 5.49. The molecule has 4 heterocycles. The van der Waals surface area contributed by atoms with Gasteiger partial charge in [-0.05, 0) is 36.7 Å². The van der Waals surface area contributed by atoms with Gasteiger partial charge in [0, 0.05) is 38.8 Å². The summed E-state index contributed by atoms with van der Waals surface area (Å²) >= 11 is 6.13. The van der Waals surface area contributed by atoms with Crippen molar-refractivity contribution in [2.24, 2.45) is 0 Å². The van der Waals surface area contributed by atoms with Crippen LogP contribution in [0.1, 0.15) is 19.0 Å². The third-order valence-electron chi connectivity index (χ3n) is 4.89. The molecule has 0 aliphatic carbocycles. The number of morpholine rings is 1. The molecule has 0 radical (unpaired) electrons. The van der Waals surface area contributed by atoms with E-state index in [1.165, 1.54) is 6.42 Å². The van der Waals surface area contributed by atoms with Crippen molar-refractivity contribution in [3.05, 3.63) is 23.1 Å². The molecule has 7 nitrogen and oxygen atoms in total. The number of hydrogen-bond acceptors (Lipinski definition) is 7. The van der Waals surface area contributed by atoms with E-state index in [0.29, 0.717) is 19.3 Å². The molecular weight excluding hydrogens is 352 g/mol. The quantitative estimate of drug-likeness (QED) is 0.769. The number of nitrogens with zero attached hydrogens (tertiary/aromatic N) is 5. The van der Waals surface area contributed by atoms with Crippen LogP contribution in [0.25, 0.3) is 11.0 Å². The minimum absolute atomic E-state index is 0.265. The summed E-state index contributed by atoms with van der Waals surface area (Å²) in [5.74, 6) is 0.816. The summed E-state index contributed by atoms with van der Waals surface area (Å²) in [6, 6.07) is 4.66. The maximum atomic E-state index is 6.13. The highest BCUT2D eigenvalue weighted by atomic mass is 35.5. The zero-order valence-corrected chi connectivity index (χ0v) is 15.9. The van der Waals surface area contributed by atoms with Crippen LogP contribution in [-0.4, -0.2) is 71.8 Å². The predicted octanol–water partition coefficient (Wildman–Crippen LogP) is 1.70. The number of pyridine rings is 1. The van der Waals surface area contributed by atoms with Crippen LogP contribution >= 0.6 is 11.6 Å². The molecule has 26 heavy (non-hydrogen) atoms. The molecule has 0 aromatic carbocycles. The lowest BCUT2D eigenvalue weighted by Gasteiger charge is -2.39. The zero-order chi connectivity index (χ0) is 17.9. The Morgan fingerprint density at radius 1 is 1.19 bits per heavy atom. The Labute approximate surface area is 158 Å². The van der Waals surface area contributed by atoms with E-state index in [4.69, 9.17) is 21.3 Å². The maximum Gasteiger partial charge on any atom is 0.225 e. The highest BCUT2D eigenvalue weighted by Gasteiger charge is 2.26. The first-order valence-corrected chi connectivity index (χ1v) is 9.72. The molecule has 140 valence electrons. The third-order valence-corrected chi connectivity index (χ3v) is 5.06. The average molecular weight is 377 g/mol. The maximum absolute atomic E-state index is 6.13. The summed E-state index contributed by atoms with van der Waals surface area (Å²) in [6.45, 7) is 9.28. The molecule has 0 amide bonds. The smallest absolute Gasteiger partial charge is 0.225 e. The van der Waals surface area contributed by atoms with Crippen molar-refractivity contribution in [1.82, 2.24) is 25.2 Å². The molecule has 2 aliphatic heterocycles. The van der Waals surface area contributed by atoms with Gasteiger partial charge in [-0.3, -0.25) is 4.90 Å². The molecule has 0 bridgehead atoms. The highest BCUT2D eigenvalue weighted by Crippen LogP contribution is 2.25. The molecule has 0 unspecified atom stereocenters. The Hall–Kier alpha value is -1.54. The number of aromatic nitrogens is 3. The fourth-order valence-electron chi connectivity index (χ4n) is 3.50. The van der Waals surface area contributed by atoms with Crippen molar-refractivity contribution in [2.45, 2.75) is 25.9 Å². The van der Waals surface area contributed by atoms with Gasteiger partial charge in [-0.15, -0.1) is 0 Å². The van der Waals surface area contributed by atoms with Crippen molar-refractivity contribution in [2.75, 3.05) is 50.8 Å². The minimum Gasteiger partial charge on any atom is -0.378 e. The first kappa shape index (κ1) is 17.9. The number of fused-ring (bicyclic) bond motifs is 1.